The molecule has 0 fully saturated rings. The molecule has 4 aliphatic carbocycles. The highest BCUT2D eigenvalue weighted by atomic mass is 16.6. The van der Waals surface area contributed by atoms with Gasteiger partial charge in [-0.2, -0.15) is 0 Å². The van der Waals surface area contributed by atoms with Gasteiger partial charge in [0, 0.05) is 29.6 Å². The number of pyridine rings is 1. The molecule has 3 heterocycles. The van der Waals surface area contributed by atoms with E-state index in [0.717, 1.165) is 49.1 Å². The lowest BCUT2D eigenvalue weighted by molar-refractivity contribution is 0.0528. The first-order valence-electron chi connectivity index (χ1n) is 17.5. The molecule has 4 nitrogen and oxygen atoms in total. The van der Waals surface area contributed by atoms with E-state index in [1.807, 2.05) is 12.3 Å². The predicted molar refractivity (Wildman–Crippen MR) is 181 cm³/mol. The van der Waals surface area contributed by atoms with Crippen LogP contribution in [0.3, 0.4) is 0 Å². The molecule has 44 heavy (non-hydrogen) atoms. The van der Waals surface area contributed by atoms with Crippen LogP contribution in [0, 0.1) is 23.7 Å². The van der Waals surface area contributed by atoms with E-state index in [2.05, 4.69) is 90.7 Å². The molecule has 0 amide bonds. The Morgan fingerprint density at radius 2 is 0.977 bits per heavy atom. The van der Waals surface area contributed by atoms with Gasteiger partial charge in [-0.3, -0.25) is 4.98 Å². The van der Waals surface area contributed by atoms with Crippen molar-refractivity contribution >= 4 is 0 Å². The first kappa shape index (κ1) is 32.6. The van der Waals surface area contributed by atoms with Gasteiger partial charge in [-0.15, -0.1) is 0 Å². The molecule has 2 aromatic rings. The van der Waals surface area contributed by atoms with Gasteiger partial charge in [0.2, 0.25) is 0 Å². The van der Waals surface area contributed by atoms with Crippen molar-refractivity contribution in [3.63, 3.8) is 0 Å². The molecule has 0 radical (unpaired) electrons. The summed E-state index contributed by atoms with van der Waals surface area (Å²) >= 11 is 0. The van der Waals surface area contributed by atoms with E-state index in [1.54, 1.807) is 16.7 Å². The van der Waals surface area contributed by atoms with Crippen LogP contribution in [-0.2, 0) is 14.2 Å². The van der Waals surface area contributed by atoms with Crippen LogP contribution < -0.4 is 0 Å². The molecule has 240 valence electrons. The molecule has 0 bridgehead atoms. The number of hydrogen-bond donors (Lipinski definition) is 0. The third kappa shape index (κ3) is 7.21. The second kappa shape index (κ2) is 14.6. The Labute approximate surface area is 267 Å². The predicted octanol–water partition coefficient (Wildman–Crippen LogP) is 10.6. The molecule has 1 aromatic carbocycles. The highest BCUT2D eigenvalue weighted by Gasteiger charge is 2.33. The number of hydrogen-bond acceptors (Lipinski definition) is 4. The van der Waals surface area contributed by atoms with Crippen molar-refractivity contribution in [3.05, 3.63) is 87.8 Å². The van der Waals surface area contributed by atoms with E-state index in [1.165, 1.54) is 55.5 Å². The number of nitrogens with zero attached hydrogens (tertiary/aromatic N) is 1. The van der Waals surface area contributed by atoms with E-state index >= 15 is 0 Å². The van der Waals surface area contributed by atoms with Gasteiger partial charge in [0.25, 0.3) is 0 Å². The molecule has 8 rings (SSSR count). The summed E-state index contributed by atoms with van der Waals surface area (Å²) in [4.78, 5) is 4.39. The van der Waals surface area contributed by atoms with Crippen molar-refractivity contribution in [2.24, 2.45) is 23.7 Å². The van der Waals surface area contributed by atoms with Crippen LogP contribution in [0.5, 0.6) is 0 Å². The molecule has 0 saturated heterocycles. The average Bonchev–Trinajstić information content (AvgIpc) is 3.71. The Kier molecular flexibility index (Phi) is 10.8. The Morgan fingerprint density at radius 1 is 0.500 bits per heavy atom. The summed E-state index contributed by atoms with van der Waals surface area (Å²) in [5.41, 5.74) is 7.53. The summed E-state index contributed by atoms with van der Waals surface area (Å²) in [5, 5.41) is 0. The summed E-state index contributed by atoms with van der Waals surface area (Å²) < 4.78 is 16.7. The largest absolute Gasteiger partial charge is 0.498 e. The molecule has 0 spiro atoms. The minimum Gasteiger partial charge on any atom is -0.498 e. The van der Waals surface area contributed by atoms with Crippen molar-refractivity contribution in [2.45, 2.75) is 118 Å². The SMILES string of the molecule is CC1CC(C)C2=C1CCCO2.CC1CC(C)C2=C1OCCO2.CC1CC(C)c2ccccc21.CC1CC(C)c2ncccc21. The fraction of sp³-hybridized carbons (Fsp3) is 0.625. The second-order valence-corrected chi connectivity index (χ2v) is 14.5. The van der Waals surface area contributed by atoms with Gasteiger partial charge in [0.1, 0.15) is 24.7 Å². The minimum absolute atomic E-state index is 0.570. The van der Waals surface area contributed by atoms with Crippen LogP contribution in [0.4, 0.5) is 0 Å². The Bertz CT molecular complexity index is 1130. The Morgan fingerprint density at radius 3 is 1.57 bits per heavy atom. The van der Waals surface area contributed by atoms with Crippen LogP contribution in [0.2, 0.25) is 0 Å². The molecule has 6 aliphatic rings. The standard InChI is InChI=1S/C11H14.C10H13N.C10H16O.C9H14O2/c1-8-7-9(2)11-6-4-3-5-10(8)11;2*1-7-6-8(2)10-9(7)4-3-5-11-10;1-6-5-7(2)9-8(6)10-3-4-11-9/h3-6,8-9H,7H2,1-2H3;3-5,7-8H,6H2,1-2H3;7-8H,3-6H2,1-2H3;6-7H,3-5H2,1-2H3. The first-order valence-corrected chi connectivity index (χ1v) is 17.5. The maximum Gasteiger partial charge on any atom is 0.137 e. The van der Waals surface area contributed by atoms with E-state index < -0.39 is 0 Å². The normalized spacial score (nSPS) is 32.5. The zero-order chi connectivity index (χ0) is 31.4. The summed E-state index contributed by atoms with van der Waals surface area (Å²) in [6, 6.07) is 13.1. The Balaban J connectivity index is 0.000000116. The number of rotatable bonds is 0. The van der Waals surface area contributed by atoms with Crippen LogP contribution in [0.1, 0.15) is 140 Å². The van der Waals surface area contributed by atoms with Crippen molar-refractivity contribution in [2.75, 3.05) is 19.8 Å². The molecule has 2 aliphatic heterocycles. The van der Waals surface area contributed by atoms with Crippen LogP contribution in [0.15, 0.2) is 65.4 Å². The first-order chi connectivity index (χ1) is 21.2. The lowest BCUT2D eigenvalue weighted by atomic mass is 9.99. The van der Waals surface area contributed by atoms with Gasteiger partial charge < -0.3 is 14.2 Å². The summed E-state index contributed by atoms with van der Waals surface area (Å²) in [6.45, 7) is 20.6. The quantitative estimate of drug-likeness (QED) is 0.302. The second-order valence-electron chi connectivity index (χ2n) is 14.5. The molecular weight excluding hydrogens is 542 g/mol. The number of benzene rings is 1. The lowest BCUT2D eigenvalue weighted by Crippen LogP contribution is -2.14. The maximum atomic E-state index is 5.66. The van der Waals surface area contributed by atoms with Gasteiger partial charge in [0.05, 0.1) is 12.4 Å². The topological polar surface area (TPSA) is 40.6 Å². The lowest BCUT2D eigenvalue weighted by Gasteiger charge is -2.20. The zero-order valence-electron chi connectivity index (χ0n) is 28.7. The third-order valence-corrected chi connectivity index (χ3v) is 10.7. The van der Waals surface area contributed by atoms with Crippen molar-refractivity contribution in [3.8, 4) is 0 Å². The average molecular weight is 600 g/mol. The van der Waals surface area contributed by atoms with E-state index in [4.69, 9.17) is 14.2 Å². The van der Waals surface area contributed by atoms with Crippen molar-refractivity contribution < 1.29 is 14.2 Å². The molecule has 0 saturated carbocycles. The number of allylic oxidation sites excluding steroid dienone is 4. The minimum atomic E-state index is 0.570. The monoisotopic (exact) mass is 599 g/mol. The maximum absolute atomic E-state index is 5.66. The highest BCUT2D eigenvalue weighted by molar-refractivity contribution is 5.37. The zero-order valence-corrected chi connectivity index (χ0v) is 28.7. The number of ether oxygens (including phenoxy) is 3. The van der Waals surface area contributed by atoms with Crippen LogP contribution in [0.25, 0.3) is 0 Å². The molecule has 8 atom stereocenters. The van der Waals surface area contributed by atoms with Gasteiger partial charge >= 0.3 is 0 Å². The molecule has 1 aromatic heterocycles. The van der Waals surface area contributed by atoms with Crippen molar-refractivity contribution in [1.29, 1.82) is 0 Å². The third-order valence-electron chi connectivity index (χ3n) is 10.7. The summed E-state index contributed by atoms with van der Waals surface area (Å²) in [6.07, 6.45) is 9.52. The smallest absolute Gasteiger partial charge is 0.137 e. The fourth-order valence-electron chi connectivity index (χ4n) is 8.57. The van der Waals surface area contributed by atoms with Gasteiger partial charge in [0.15, 0.2) is 0 Å². The molecule has 8 unspecified atom stereocenters. The van der Waals surface area contributed by atoms with Gasteiger partial charge in [-0.25, -0.2) is 0 Å². The highest BCUT2D eigenvalue weighted by Crippen LogP contribution is 2.43. The fourth-order valence-corrected chi connectivity index (χ4v) is 8.57. The number of fused-ring (bicyclic) bond motifs is 2. The van der Waals surface area contributed by atoms with Gasteiger partial charge in [-0.05, 0) is 96.4 Å². The molecule has 0 N–H and O–H groups in total. The summed E-state index contributed by atoms with van der Waals surface area (Å²) in [5.74, 6) is 9.13. The molecular formula is C40H57NO3. The Hall–Kier alpha value is -2.75. The van der Waals surface area contributed by atoms with Gasteiger partial charge in [-0.1, -0.05) is 85.7 Å². The van der Waals surface area contributed by atoms with Crippen LogP contribution >= 0.6 is 0 Å². The number of aromatic nitrogens is 1. The van der Waals surface area contributed by atoms with E-state index in [9.17, 15) is 0 Å². The van der Waals surface area contributed by atoms with Crippen molar-refractivity contribution in [1.82, 2.24) is 4.98 Å². The van der Waals surface area contributed by atoms with E-state index in [-0.39, 0.29) is 0 Å². The van der Waals surface area contributed by atoms with E-state index in [0.29, 0.717) is 29.6 Å². The molecule has 4 heteroatoms. The summed E-state index contributed by atoms with van der Waals surface area (Å²) in [7, 11) is 0. The van der Waals surface area contributed by atoms with Crippen LogP contribution in [-0.4, -0.2) is 24.8 Å².